The number of unbranched alkanes of at least 4 members (excludes halogenated alkanes) is 2. The normalized spacial score (nSPS) is 19.8. The third kappa shape index (κ3) is 17.9. The van der Waals surface area contributed by atoms with Gasteiger partial charge in [-0.1, -0.05) is 43.5 Å². The Morgan fingerprint density at radius 3 is 1.92 bits per heavy atom. The number of amides is 6. The van der Waals surface area contributed by atoms with Gasteiger partial charge in [0.15, 0.2) is 17.9 Å². The number of rotatable bonds is 28. The molecule has 71 heavy (non-hydrogen) atoms. The van der Waals surface area contributed by atoms with E-state index < -0.39 is 84.3 Å². The van der Waals surface area contributed by atoms with Gasteiger partial charge >= 0.3 is 5.97 Å². The predicted octanol–water partition coefficient (Wildman–Crippen LogP) is -3.20. The molecule has 25 nitrogen and oxygen atoms in total. The molecule has 20 N–H and O–H groups in total. The zero-order valence-corrected chi connectivity index (χ0v) is 40.5. The van der Waals surface area contributed by atoms with Crippen LogP contribution in [0.2, 0.25) is 0 Å². The van der Waals surface area contributed by atoms with E-state index in [9.17, 15) is 39.0 Å². The van der Waals surface area contributed by atoms with E-state index >= 15 is 4.79 Å². The van der Waals surface area contributed by atoms with E-state index in [-0.39, 0.29) is 94.5 Å². The van der Waals surface area contributed by atoms with Crippen LogP contribution in [0, 0.1) is 5.92 Å². The highest BCUT2D eigenvalue weighted by Crippen LogP contribution is 2.41. The number of carboxylic acid groups (broad SMARTS) is 1. The van der Waals surface area contributed by atoms with Crippen LogP contribution in [0.4, 0.5) is 0 Å². The molecule has 6 amide bonds. The van der Waals surface area contributed by atoms with Gasteiger partial charge in [-0.05, 0) is 87.7 Å². The zero-order chi connectivity index (χ0) is 52.0. The second kappa shape index (κ2) is 28.8. The minimum absolute atomic E-state index is 0.00347. The van der Waals surface area contributed by atoms with E-state index in [0.29, 0.717) is 51.5 Å². The first-order valence-corrected chi connectivity index (χ1v) is 24.5. The highest BCUT2D eigenvalue weighted by molar-refractivity contribution is 5.96. The summed E-state index contributed by atoms with van der Waals surface area (Å²) in [5, 5.41) is 31.3. The molecule has 4 rings (SSSR count). The number of aliphatic imine (C=N–C) groups is 3. The number of carbonyl (C=O) groups is 7. The van der Waals surface area contributed by atoms with Crippen LogP contribution in [0.1, 0.15) is 107 Å². The molecule has 1 aromatic rings. The Balaban J connectivity index is 1.37. The number of hydrogen-bond acceptors (Lipinski definition) is 12. The fourth-order valence-electron chi connectivity index (χ4n) is 9.46. The van der Waals surface area contributed by atoms with E-state index in [1.54, 1.807) is 4.90 Å². The summed E-state index contributed by atoms with van der Waals surface area (Å²) in [5.41, 5.74) is 40.0. The lowest BCUT2D eigenvalue weighted by Gasteiger charge is -2.42. The average Bonchev–Trinajstić information content (AvgIpc) is 3.73. The molecule has 25 heteroatoms. The van der Waals surface area contributed by atoms with E-state index in [2.05, 4.69) is 36.2 Å². The summed E-state index contributed by atoms with van der Waals surface area (Å²) in [6.45, 7) is 0.197. The molecule has 2 aliphatic heterocycles. The molecule has 1 aliphatic carbocycles. The van der Waals surface area contributed by atoms with Gasteiger partial charge in [0.1, 0.15) is 30.2 Å². The SMILES string of the molecule is NC(N)=NCCCC(N)C(=O)NC(CCCN=C(N)N)C(=O)NCCCCCC(=O)NC(CO)C(=O)N1Cc2ccccc2CC1C(=O)N1C(C(=O)NC(CCCN=C(N)N)C(=O)O)CC2CCCCC21. The van der Waals surface area contributed by atoms with Gasteiger partial charge in [0.05, 0.1) is 12.6 Å². The maximum absolute atomic E-state index is 15.0. The summed E-state index contributed by atoms with van der Waals surface area (Å²) < 4.78 is 0. The lowest BCUT2D eigenvalue weighted by molar-refractivity contribution is -0.153. The Labute approximate surface area is 414 Å². The molecule has 8 atom stereocenters. The van der Waals surface area contributed by atoms with Gasteiger partial charge in [-0.3, -0.25) is 43.7 Å². The second-order valence-electron chi connectivity index (χ2n) is 18.4. The van der Waals surface area contributed by atoms with Crippen LogP contribution in [-0.2, 0) is 46.5 Å². The Morgan fingerprint density at radius 2 is 1.30 bits per heavy atom. The number of hydrogen-bond donors (Lipinski definition) is 13. The number of aliphatic carboxylic acids is 1. The van der Waals surface area contributed by atoms with Gasteiger partial charge in [-0.2, -0.15) is 0 Å². The molecular weight excluding hydrogens is 921 g/mol. The number of nitrogens with zero attached hydrogens (tertiary/aromatic N) is 5. The van der Waals surface area contributed by atoms with Crippen LogP contribution in [0.3, 0.4) is 0 Å². The first-order chi connectivity index (χ1) is 33.9. The second-order valence-corrected chi connectivity index (χ2v) is 18.4. The quantitative estimate of drug-likeness (QED) is 0.0223. The molecule has 3 aliphatic rings. The highest BCUT2D eigenvalue weighted by Gasteiger charge is 2.51. The van der Waals surface area contributed by atoms with Gasteiger partial charge in [-0.15, -0.1) is 0 Å². The highest BCUT2D eigenvalue weighted by atomic mass is 16.4. The van der Waals surface area contributed by atoms with Crippen LogP contribution >= 0.6 is 0 Å². The molecule has 0 radical (unpaired) electrons. The van der Waals surface area contributed by atoms with Crippen molar-refractivity contribution < 1.29 is 43.8 Å². The fourth-order valence-corrected chi connectivity index (χ4v) is 9.46. The first kappa shape index (κ1) is 56.8. The molecule has 1 aromatic carbocycles. The first-order valence-electron chi connectivity index (χ1n) is 24.5. The molecule has 0 bridgehead atoms. The number of nitrogens with two attached hydrogens (primary N) is 7. The number of guanidine groups is 3. The van der Waals surface area contributed by atoms with Gasteiger partial charge in [0.2, 0.25) is 35.4 Å². The van der Waals surface area contributed by atoms with E-state index in [1.165, 1.54) is 4.90 Å². The van der Waals surface area contributed by atoms with Crippen LogP contribution in [0.5, 0.6) is 0 Å². The number of nitrogens with one attached hydrogen (secondary N) is 4. The van der Waals surface area contributed by atoms with Crippen molar-refractivity contribution in [2.24, 2.45) is 61.0 Å². The predicted molar refractivity (Wildman–Crippen MR) is 265 cm³/mol. The van der Waals surface area contributed by atoms with E-state index in [4.69, 9.17) is 40.1 Å². The maximum Gasteiger partial charge on any atom is 0.326 e. The Kier molecular flexibility index (Phi) is 23.0. The molecule has 394 valence electrons. The lowest BCUT2D eigenvalue weighted by atomic mass is 9.84. The Bertz CT molecular complexity index is 2080. The molecular formula is C46H76N16O9. The van der Waals surface area contributed by atoms with Crippen LogP contribution in [0.15, 0.2) is 39.2 Å². The number of benzene rings is 1. The molecule has 8 unspecified atom stereocenters. The van der Waals surface area contributed by atoms with Crippen molar-refractivity contribution in [1.29, 1.82) is 0 Å². The smallest absolute Gasteiger partial charge is 0.326 e. The standard InChI is InChI=1S/C46H76N16O9/c47-30(14-8-20-55-44(48)49)38(65)59-31(15-9-21-56-45(50)51)39(66)54-19-7-1-2-18-37(64)58-33(26-63)41(68)61-25-29-13-4-3-11-27(29)23-36(61)42(69)62-34-17-6-5-12-28(34)24-35(62)40(67)60-32(43(70)71)16-10-22-57-46(52)53/h3-4,11,13,28,30-36,63H,1-2,5-10,12,14-26,47H2,(H,54,66)(H,58,64)(H,59,65)(H,60,67)(H,70,71)(H4,48,49,55)(H4,50,51,56)(H4,52,53,57). The van der Waals surface area contributed by atoms with Gasteiger partial charge in [0, 0.05) is 51.6 Å². The number of aliphatic hydroxyl groups is 1. The van der Waals surface area contributed by atoms with Crippen LogP contribution < -0.4 is 61.4 Å². The lowest BCUT2D eigenvalue weighted by Crippen LogP contribution is -2.62. The van der Waals surface area contributed by atoms with E-state index in [1.807, 2.05) is 24.3 Å². The summed E-state index contributed by atoms with van der Waals surface area (Å²) in [6, 6.07) is 0.520. The van der Waals surface area contributed by atoms with Gasteiger partial charge in [-0.25, -0.2) is 4.79 Å². The van der Waals surface area contributed by atoms with Crippen molar-refractivity contribution in [2.45, 2.75) is 152 Å². The molecule has 0 aromatic heterocycles. The van der Waals surface area contributed by atoms with Gasteiger partial charge < -0.3 is 81.4 Å². The molecule has 1 saturated carbocycles. The topological polar surface area (TPSA) is 434 Å². The zero-order valence-electron chi connectivity index (χ0n) is 40.5. The number of aliphatic hydroxyl groups excluding tert-OH is 1. The minimum atomic E-state index is -1.39. The molecule has 1 saturated heterocycles. The third-order valence-electron chi connectivity index (χ3n) is 13.1. The van der Waals surface area contributed by atoms with Gasteiger partial charge in [0.25, 0.3) is 0 Å². The summed E-state index contributed by atoms with van der Waals surface area (Å²) in [6.07, 6.45) is 6.67. The summed E-state index contributed by atoms with van der Waals surface area (Å²) in [4.78, 5) is 110. The summed E-state index contributed by atoms with van der Waals surface area (Å²) >= 11 is 0. The van der Waals surface area contributed by atoms with Crippen molar-refractivity contribution in [3.63, 3.8) is 0 Å². The Morgan fingerprint density at radius 1 is 0.690 bits per heavy atom. The Hall–Kier alpha value is -6.76. The third-order valence-corrected chi connectivity index (χ3v) is 13.1. The number of carboxylic acids is 1. The monoisotopic (exact) mass is 997 g/mol. The molecule has 2 fully saturated rings. The number of carbonyl (C=O) groups excluding carboxylic acids is 6. The summed E-state index contributed by atoms with van der Waals surface area (Å²) in [5.74, 6) is -4.74. The minimum Gasteiger partial charge on any atom is -0.480 e. The van der Waals surface area contributed by atoms with E-state index in [0.717, 1.165) is 30.4 Å². The number of likely N-dealkylation sites (tertiary alicyclic amines) is 1. The van der Waals surface area contributed by atoms with Crippen molar-refractivity contribution in [1.82, 2.24) is 31.1 Å². The number of fused-ring (bicyclic) bond motifs is 2. The van der Waals surface area contributed by atoms with Crippen molar-refractivity contribution in [3.05, 3.63) is 35.4 Å². The van der Waals surface area contributed by atoms with Crippen molar-refractivity contribution >= 4 is 59.3 Å². The molecule has 0 spiro atoms. The summed E-state index contributed by atoms with van der Waals surface area (Å²) in [7, 11) is 0. The van der Waals surface area contributed by atoms with Crippen molar-refractivity contribution in [2.75, 3.05) is 32.8 Å². The van der Waals surface area contributed by atoms with Crippen LogP contribution in [-0.4, -0.2) is 154 Å². The fraction of sp³-hybridized carbons (Fsp3) is 0.652. The molecule has 2 heterocycles. The maximum atomic E-state index is 15.0. The van der Waals surface area contributed by atoms with Crippen LogP contribution in [0.25, 0.3) is 0 Å². The average molecular weight is 997 g/mol. The largest absolute Gasteiger partial charge is 0.480 e. The van der Waals surface area contributed by atoms with Crippen molar-refractivity contribution in [3.8, 4) is 0 Å².